The maximum Gasteiger partial charge on any atom is 0.338 e. The van der Waals surface area contributed by atoms with E-state index in [1.165, 1.54) is 0 Å². The first-order valence-electron chi connectivity index (χ1n) is 8.82. The van der Waals surface area contributed by atoms with Crippen molar-refractivity contribution >= 4 is 35.2 Å². The number of rotatable bonds is 4. The van der Waals surface area contributed by atoms with Gasteiger partial charge in [0, 0.05) is 11.1 Å². The number of urea groups is 1. The van der Waals surface area contributed by atoms with E-state index in [1.807, 2.05) is 0 Å². The fourth-order valence-electron chi connectivity index (χ4n) is 3.34. The number of hydrogen-bond donors (Lipinski definition) is 2. The maximum atomic E-state index is 13.8. The van der Waals surface area contributed by atoms with Crippen molar-refractivity contribution in [3.63, 3.8) is 0 Å². The lowest BCUT2D eigenvalue weighted by molar-refractivity contribution is -0.136. The number of ether oxygens (including phenoxy) is 1. The summed E-state index contributed by atoms with van der Waals surface area (Å²) in [7, 11) is 0. The molecule has 0 fully saturated rings. The van der Waals surface area contributed by atoms with Gasteiger partial charge in [-0.25, -0.2) is 18.4 Å². The van der Waals surface area contributed by atoms with Crippen molar-refractivity contribution in [2.24, 2.45) is 0 Å². The summed E-state index contributed by atoms with van der Waals surface area (Å²) in [6.07, 6.45) is 0. The summed E-state index contributed by atoms with van der Waals surface area (Å²) in [5.41, 5.74) is 0.782. The molecule has 0 radical (unpaired) electrons. The number of nitrogens with zero attached hydrogens (tertiary/aromatic N) is 1. The minimum Gasteiger partial charge on any atom is -0.456 e. The first-order chi connectivity index (χ1) is 14.3. The van der Waals surface area contributed by atoms with E-state index in [0.717, 1.165) is 17.0 Å². The molecular weight excluding hydrogens is 420 g/mol. The van der Waals surface area contributed by atoms with Gasteiger partial charge in [-0.1, -0.05) is 23.7 Å². The Morgan fingerprint density at radius 3 is 2.77 bits per heavy atom. The van der Waals surface area contributed by atoms with Crippen molar-refractivity contribution in [2.75, 3.05) is 18.5 Å². The van der Waals surface area contributed by atoms with Gasteiger partial charge in [0.2, 0.25) is 5.91 Å². The van der Waals surface area contributed by atoms with Crippen LogP contribution in [0.5, 0.6) is 0 Å². The molecule has 4 rings (SSSR count). The highest BCUT2D eigenvalue weighted by molar-refractivity contribution is 6.30. The number of carbonyl (C=O) groups excluding carboxylic acids is 3. The molecule has 2 aliphatic heterocycles. The van der Waals surface area contributed by atoms with E-state index >= 15 is 0 Å². The first kappa shape index (κ1) is 19.8. The molecule has 30 heavy (non-hydrogen) atoms. The number of hydrogen-bond acceptors (Lipinski definition) is 4. The van der Waals surface area contributed by atoms with Gasteiger partial charge in [-0.15, -0.1) is 0 Å². The van der Waals surface area contributed by atoms with Crippen LogP contribution in [0.25, 0.3) is 0 Å². The van der Waals surface area contributed by atoms with Gasteiger partial charge in [-0.3, -0.25) is 9.69 Å². The molecule has 10 heteroatoms. The smallest absolute Gasteiger partial charge is 0.338 e. The van der Waals surface area contributed by atoms with Crippen LogP contribution in [0.4, 0.5) is 19.3 Å². The second-order valence-corrected chi connectivity index (χ2v) is 7.07. The number of cyclic esters (lactones) is 1. The minimum atomic E-state index is -0.952. The molecule has 0 saturated carbocycles. The lowest BCUT2D eigenvalue weighted by Gasteiger charge is -2.32. The molecule has 0 bridgehead atoms. The van der Waals surface area contributed by atoms with Crippen LogP contribution in [-0.4, -0.2) is 36.0 Å². The molecule has 0 saturated heterocycles. The molecular formula is C20H14ClF2N3O4. The van der Waals surface area contributed by atoms with E-state index in [0.29, 0.717) is 16.7 Å². The van der Waals surface area contributed by atoms with Gasteiger partial charge in [0.1, 0.15) is 24.8 Å². The van der Waals surface area contributed by atoms with Gasteiger partial charge in [-0.2, -0.15) is 0 Å². The third-order valence-corrected chi connectivity index (χ3v) is 4.92. The Hall–Kier alpha value is -3.46. The van der Waals surface area contributed by atoms with Crippen molar-refractivity contribution in [1.29, 1.82) is 0 Å². The van der Waals surface area contributed by atoms with Crippen molar-refractivity contribution in [3.05, 3.63) is 76.0 Å². The zero-order valence-electron chi connectivity index (χ0n) is 15.2. The highest BCUT2D eigenvalue weighted by Gasteiger charge is 2.42. The highest BCUT2D eigenvalue weighted by Crippen LogP contribution is 2.35. The van der Waals surface area contributed by atoms with Crippen molar-refractivity contribution < 1.29 is 27.9 Å². The monoisotopic (exact) mass is 433 g/mol. The molecule has 0 spiro atoms. The van der Waals surface area contributed by atoms with E-state index in [-0.39, 0.29) is 23.6 Å². The molecule has 1 atom stereocenters. The average molecular weight is 434 g/mol. The average Bonchev–Trinajstić information content (AvgIpc) is 3.08. The van der Waals surface area contributed by atoms with Gasteiger partial charge >= 0.3 is 12.0 Å². The van der Waals surface area contributed by atoms with Gasteiger partial charge in [0.25, 0.3) is 0 Å². The molecule has 0 aliphatic carbocycles. The molecule has 2 heterocycles. The first-order valence-corrected chi connectivity index (χ1v) is 9.20. The van der Waals surface area contributed by atoms with E-state index in [9.17, 15) is 23.2 Å². The van der Waals surface area contributed by atoms with Crippen LogP contribution in [0, 0.1) is 11.6 Å². The van der Waals surface area contributed by atoms with Crippen LogP contribution in [0.2, 0.25) is 5.02 Å². The summed E-state index contributed by atoms with van der Waals surface area (Å²) in [5, 5.41) is 5.37. The normalized spacial score (nSPS) is 18.1. The lowest BCUT2D eigenvalue weighted by Crippen LogP contribution is -2.49. The predicted octanol–water partition coefficient (Wildman–Crippen LogP) is 3.13. The topological polar surface area (TPSA) is 87.7 Å². The number of benzene rings is 2. The number of amides is 3. The predicted molar refractivity (Wildman–Crippen MR) is 102 cm³/mol. The van der Waals surface area contributed by atoms with Crippen LogP contribution in [-0.2, 0) is 14.3 Å². The molecule has 3 amide bonds. The summed E-state index contributed by atoms with van der Waals surface area (Å²) in [4.78, 5) is 38.4. The quantitative estimate of drug-likeness (QED) is 0.725. The zero-order valence-corrected chi connectivity index (χ0v) is 16.0. The molecule has 154 valence electrons. The second kappa shape index (κ2) is 7.75. The Bertz CT molecular complexity index is 1110. The number of nitrogens with one attached hydrogen (secondary N) is 2. The van der Waals surface area contributed by atoms with Gasteiger partial charge in [0.15, 0.2) is 0 Å². The summed E-state index contributed by atoms with van der Waals surface area (Å²) in [5.74, 6) is -3.09. The molecule has 2 N–H and O–H groups in total. The van der Waals surface area contributed by atoms with Crippen LogP contribution in [0.15, 0.2) is 53.7 Å². The van der Waals surface area contributed by atoms with Crippen LogP contribution >= 0.6 is 11.6 Å². The Balaban J connectivity index is 1.60. The number of carbonyl (C=O) groups is 3. The molecule has 2 aromatic carbocycles. The third kappa shape index (κ3) is 3.71. The van der Waals surface area contributed by atoms with Crippen molar-refractivity contribution in [2.45, 2.75) is 6.04 Å². The molecule has 2 aliphatic rings. The van der Waals surface area contributed by atoms with Crippen molar-refractivity contribution in [3.8, 4) is 0 Å². The SMILES string of the molecule is O=C(CN1C(=O)N[C@H](c2cccc(Cl)c2)C2=C1COC2=O)Nc1ccc(F)cc1F. The third-order valence-electron chi connectivity index (χ3n) is 4.69. The number of halogens is 3. The summed E-state index contributed by atoms with van der Waals surface area (Å²) >= 11 is 6.01. The molecule has 7 nitrogen and oxygen atoms in total. The highest BCUT2D eigenvalue weighted by atomic mass is 35.5. The maximum absolute atomic E-state index is 13.8. The van der Waals surface area contributed by atoms with E-state index in [2.05, 4.69) is 10.6 Å². The van der Waals surface area contributed by atoms with Crippen LogP contribution in [0.3, 0.4) is 0 Å². The Morgan fingerprint density at radius 2 is 2.03 bits per heavy atom. The standard InChI is InChI=1S/C20H14ClF2N3O4/c21-11-3-1-2-10(6-11)18-17-15(9-30-19(17)28)26(20(29)25-18)8-16(27)24-14-5-4-12(22)7-13(14)23/h1-7,18H,8-9H2,(H,24,27)(H,25,29)/t18-/m1/s1. The summed E-state index contributed by atoms with van der Waals surface area (Å²) in [6, 6.07) is 7.93. The number of anilines is 1. The number of esters is 1. The van der Waals surface area contributed by atoms with Gasteiger partial charge < -0.3 is 15.4 Å². The molecule has 0 unspecified atom stereocenters. The Labute approximate surface area is 174 Å². The van der Waals surface area contributed by atoms with Crippen molar-refractivity contribution in [1.82, 2.24) is 10.2 Å². The van der Waals surface area contributed by atoms with E-state index < -0.39 is 42.1 Å². The van der Waals surface area contributed by atoms with E-state index in [4.69, 9.17) is 16.3 Å². The van der Waals surface area contributed by atoms with E-state index in [1.54, 1.807) is 24.3 Å². The Kier molecular flexibility index (Phi) is 5.13. The summed E-state index contributed by atoms with van der Waals surface area (Å²) in [6.45, 7) is -0.683. The fraction of sp³-hybridized carbons (Fsp3) is 0.150. The van der Waals surface area contributed by atoms with Gasteiger partial charge in [-0.05, 0) is 29.8 Å². The summed E-state index contributed by atoms with van der Waals surface area (Å²) < 4.78 is 31.9. The largest absolute Gasteiger partial charge is 0.456 e. The second-order valence-electron chi connectivity index (χ2n) is 6.63. The van der Waals surface area contributed by atoms with Gasteiger partial charge in [0.05, 0.1) is 23.0 Å². The fourth-order valence-corrected chi connectivity index (χ4v) is 3.54. The van der Waals surface area contributed by atoms with Crippen LogP contribution in [0.1, 0.15) is 11.6 Å². The Morgan fingerprint density at radius 1 is 1.23 bits per heavy atom. The minimum absolute atomic E-state index is 0.184. The lowest BCUT2D eigenvalue weighted by atomic mass is 9.96. The molecule has 0 aromatic heterocycles. The molecule has 2 aromatic rings. The zero-order chi connectivity index (χ0) is 21.4. The van der Waals surface area contributed by atoms with Crippen LogP contribution < -0.4 is 10.6 Å².